The smallest absolute Gasteiger partial charge is 0.0632 e. The second kappa shape index (κ2) is 8.49. The predicted octanol–water partition coefficient (Wildman–Crippen LogP) is 4.20. The molecule has 0 bridgehead atoms. The SMILES string of the molecule is C#CC(=C)c1ccc(CN=C)cc1.CCC.[HH]. The Morgan fingerprint density at radius 2 is 1.88 bits per heavy atom. The Morgan fingerprint density at radius 3 is 2.25 bits per heavy atom. The van der Waals surface area contributed by atoms with Crippen LogP contribution in [0.3, 0.4) is 0 Å². The molecule has 1 heteroatoms. The molecule has 0 heterocycles. The summed E-state index contributed by atoms with van der Waals surface area (Å²) < 4.78 is 0. The van der Waals surface area contributed by atoms with Crippen molar-refractivity contribution in [2.75, 3.05) is 0 Å². The average molecular weight is 215 g/mol. The molecule has 0 fully saturated rings. The molecular weight excluding hydrogens is 194 g/mol. The molecule has 0 aromatic heterocycles. The molecule has 1 aromatic carbocycles. The lowest BCUT2D eigenvalue weighted by atomic mass is 10.1. The van der Waals surface area contributed by atoms with Gasteiger partial charge in [0.05, 0.1) is 6.54 Å². The first-order chi connectivity index (χ1) is 7.69. The number of allylic oxidation sites excluding steroid dienone is 1. The van der Waals surface area contributed by atoms with Gasteiger partial charge in [0.2, 0.25) is 0 Å². The van der Waals surface area contributed by atoms with Gasteiger partial charge in [-0.1, -0.05) is 57.0 Å². The van der Waals surface area contributed by atoms with Gasteiger partial charge < -0.3 is 0 Å². The molecule has 0 atom stereocenters. The van der Waals surface area contributed by atoms with Crippen molar-refractivity contribution in [3.05, 3.63) is 42.0 Å². The maximum atomic E-state index is 5.22. The first kappa shape index (κ1) is 14.2. The van der Waals surface area contributed by atoms with Crippen molar-refractivity contribution in [2.45, 2.75) is 26.8 Å². The van der Waals surface area contributed by atoms with Crippen LogP contribution in [0, 0.1) is 12.3 Å². The number of nitrogens with zero attached hydrogens (tertiary/aromatic N) is 1. The van der Waals surface area contributed by atoms with Crippen LogP contribution in [-0.4, -0.2) is 6.72 Å². The Labute approximate surface area is 100 Å². The summed E-state index contributed by atoms with van der Waals surface area (Å²) in [6.07, 6.45) is 6.47. The first-order valence-corrected chi connectivity index (χ1v) is 5.36. The average Bonchev–Trinajstić information content (AvgIpc) is 2.30. The maximum Gasteiger partial charge on any atom is 0.0632 e. The van der Waals surface area contributed by atoms with Gasteiger partial charge in [0.25, 0.3) is 0 Å². The molecule has 0 spiro atoms. The van der Waals surface area contributed by atoms with Crippen LogP contribution in [0.15, 0.2) is 35.8 Å². The molecule has 1 aromatic rings. The summed E-state index contributed by atoms with van der Waals surface area (Å²) in [5.41, 5.74) is 2.82. The minimum atomic E-state index is 0. The van der Waals surface area contributed by atoms with Crippen molar-refractivity contribution in [3.63, 3.8) is 0 Å². The van der Waals surface area contributed by atoms with E-state index < -0.39 is 0 Å². The van der Waals surface area contributed by atoms with Gasteiger partial charge in [0.15, 0.2) is 0 Å². The van der Waals surface area contributed by atoms with E-state index in [1.165, 1.54) is 6.42 Å². The van der Waals surface area contributed by atoms with E-state index in [2.05, 4.69) is 38.1 Å². The van der Waals surface area contributed by atoms with Crippen LogP contribution in [0.4, 0.5) is 0 Å². The van der Waals surface area contributed by atoms with Gasteiger partial charge in [-0.2, -0.15) is 0 Å². The van der Waals surface area contributed by atoms with Gasteiger partial charge in [-0.15, -0.1) is 6.42 Å². The normalized spacial score (nSPS) is 8.31. The molecule has 0 aliphatic carbocycles. The number of rotatable bonds is 3. The Morgan fingerprint density at radius 1 is 1.38 bits per heavy atom. The molecule has 1 nitrogen and oxygen atoms in total. The van der Waals surface area contributed by atoms with Crippen molar-refractivity contribution in [1.29, 1.82) is 0 Å². The summed E-state index contributed by atoms with van der Waals surface area (Å²) in [5.74, 6) is 2.50. The number of hydrogen-bond donors (Lipinski definition) is 0. The fourth-order valence-corrected chi connectivity index (χ4v) is 1.02. The van der Waals surface area contributed by atoms with Crippen LogP contribution >= 0.6 is 0 Å². The summed E-state index contributed by atoms with van der Waals surface area (Å²) in [4.78, 5) is 3.79. The molecule has 0 aliphatic heterocycles. The third-order valence-electron chi connectivity index (χ3n) is 1.77. The van der Waals surface area contributed by atoms with Crippen molar-refractivity contribution >= 4 is 12.3 Å². The molecule has 0 radical (unpaired) electrons. The fraction of sp³-hybridized carbons (Fsp3) is 0.267. The van der Waals surface area contributed by atoms with E-state index in [0.29, 0.717) is 12.1 Å². The highest BCUT2D eigenvalue weighted by atomic mass is 14.7. The molecular formula is C15H21N. The summed E-state index contributed by atoms with van der Waals surface area (Å²) in [6, 6.07) is 7.85. The summed E-state index contributed by atoms with van der Waals surface area (Å²) in [6.45, 7) is 12.1. The van der Waals surface area contributed by atoms with Gasteiger partial charge >= 0.3 is 0 Å². The number of aliphatic imine (C=N–C) groups is 1. The van der Waals surface area contributed by atoms with Gasteiger partial charge in [-0.05, 0) is 17.8 Å². The zero-order chi connectivity index (χ0) is 12.4. The minimum absolute atomic E-state index is 0. The fourth-order valence-electron chi connectivity index (χ4n) is 1.02. The van der Waals surface area contributed by atoms with Gasteiger partial charge in [0.1, 0.15) is 0 Å². The molecule has 0 N–H and O–H groups in total. The molecule has 0 amide bonds. The highest BCUT2D eigenvalue weighted by Gasteiger charge is 1.94. The summed E-state index contributed by atoms with van der Waals surface area (Å²) >= 11 is 0. The molecule has 0 saturated heterocycles. The lowest BCUT2D eigenvalue weighted by Gasteiger charge is -1.99. The zero-order valence-electron chi connectivity index (χ0n) is 10.2. The van der Waals surface area contributed by atoms with E-state index in [-0.39, 0.29) is 1.43 Å². The molecule has 86 valence electrons. The summed E-state index contributed by atoms with van der Waals surface area (Å²) in [7, 11) is 0. The van der Waals surface area contributed by atoms with E-state index in [4.69, 9.17) is 6.42 Å². The lowest BCUT2D eigenvalue weighted by Crippen LogP contribution is -1.83. The number of benzene rings is 1. The molecule has 0 saturated carbocycles. The number of hydrogen-bond acceptors (Lipinski definition) is 1. The largest absolute Gasteiger partial charge is 0.296 e. The van der Waals surface area contributed by atoms with Crippen LogP contribution in [0.2, 0.25) is 0 Å². The highest BCUT2D eigenvalue weighted by Crippen LogP contribution is 2.12. The van der Waals surface area contributed by atoms with Crippen LogP contribution < -0.4 is 0 Å². The van der Waals surface area contributed by atoms with Crippen molar-refractivity contribution in [1.82, 2.24) is 0 Å². The monoisotopic (exact) mass is 215 g/mol. The van der Waals surface area contributed by atoms with Gasteiger partial charge in [-0.25, -0.2) is 0 Å². The maximum absolute atomic E-state index is 5.22. The van der Waals surface area contributed by atoms with E-state index >= 15 is 0 Å². The van der Waals surface area contributed by atoms with E-state index in [1.54, 1.807) is 0 Å². The van der Waals surface area contributed by atoms with E-state index in [0.717, 1.165) is 11.1 Å². The Kier molecular flexibility index (Phi) is 7.53. The highest BCUT2D eigenvalue weighted by molar-refractivity contribution is 5.76. The minimum Gasteiger partial charge on any atom is -0.296 e. The van der Waals surface area contributed by atoms with Crippen molar-refractivity contribution < 1.29 is 1.43 Å². The Bertz CT molecular complexity index is 371. The zero-order valence-corrected chi connectivity index (χ0v) is 10.2. The van der Waals surface area contributed by atoms with Crippen LogP contribution in [0.5, 0.6) is 0 Å². The lowest BCUT2D eigenvalue weighted by molar-refractivity contribution is 1.08. The van der Waals surface area contributed by atoms with Crippen molar-refractivity contribution in [2.24, 2.45) is 4.99 Å². The Hall–Kier alpha value is -1.81. The second-order valence-electron chi connectivity index (χ2n) is 3.41. The third-order valence-corrected chi connectivity index (χ3v) is 1.77. The molecule has 1 rings (SSSR count). The topological polar surface area (TPSA) is 12.4 Å². The predicted molar refractivity (Wildman–Crippen MR) is 75.6 cm³/mol. The number of terminal acetylenes is 1. The Balaban J connectivity index is 0. The van der Waals surface area contributed by atoms with E-state index in [1.807, 2.05) is 24.3 Å². The van der Waals surface area contributed by atoms with Crippen LogP contribution in [0.1, 0.15) is 32.8 Å². The van der Waals surface area contributed by atoms with Crippen molar-refractivity contribution in [3.8, 4) is 12.3 Å². The van der Waals surface area contributed by atoms with Gasteiger partial charge in [-0.3, -0.25) is 4.99 Å². The molecule has 0 aliphatic rings. The second-order valence-corrected chi connectivity index (χ2v) is 3.41. The van der Waals surface area contributed by atoms with Gasteiger partial charge in [0, 0.05) is 7.00 Å². The van der Waals surface area contributed by atoms with E-state index in [9.17, 15) is 0 Å². The quantitative estimate of drug-likeness (QED) is 0.529. The standard InChI is InChI=1S/C12H11N.C3H8.H2/c1-4-10(2)12-7-5-11(6-8-12)9-13-3;1-3-2;/h1,5-8H,2-3,9H2;3H2,1-2H3;1H. The van der Waals surface area contributed by atoms with Crippen LogP contribution in [0.25, 0.3) is 5.57 Å². The third kappa shape index (κ3) is 5.17. The summed E-state index contributed by atoms with van der Waals surface area (Å²) in [5, 5.41) is 0. The molecule has 16 heavy (non-hydrogen) atoms. The first-order valence-electron chi connectivity index (χ1n) is 5.36. The molecule has 0 unspecified atom stereocenters. The van der Waals surface area contributed by atoms with Crippen LogP contribution in [-0.2, 0) is 6.54 Å².